The quantitative estimate of drug-likeness (QED) is 0.409. The second-order valence-electron chi connectivity index (χ2n) is 5.59. The molecule has 0 saturated carbocycles. The molecular weight excluding hydrogens is 412 g/mol. The molecule has 0 radical (unpaired) electrons. The number of nitrogens with zero attached hydrogens (tertiary/aromatic N) is 2. The lowest BCUT2D eigenvalue weighted by atomic mass is 10.2. The van der Waals surface area contributed by atoms with Crippen LogP contribution in [-0.4, -0.2) is 17.1 Å². The molecule has 2 aromatic heterocycles. The third-order valence-electron chi connectivity index (χ3n) is 3.86. The fraction of sp³-hybridized carbons (Fsp3) is 0.100. The molecule has 0 saturated heterocycles. The van der Waals surface area contributed by atoms with Gasteiger partial charge in [-0.3, -0.25) is 4.98 Å². The van der Waals surface area contributed by atoms with E-state index in [2.05, 4.69) is 27.0 Å². The Labute approximate surface area is 163 Å². The Bertz CT molecular complexity index is 1020. The highest BCUT2D eigenvalue weighted by molar-refractivity contribution is 9.10. The summed E-state index contributed by atoms with van der Waals surface area (Å²) in [6, 6.07) is 17.8. The van der Waals surface area contributed by atoms with Crippen LogP contribution in [0.5, 0.6) is 11.5 Å². The maximum atomic E-state index is 5.94. The molecule has 26 heavy (non-hydrogen) atoms. The molecule has 0 bridgehead atoms. The number of benzene rings is 2. The van der Waals surface area contributed by atoms with Gasteiger partial charge in [0.25, 0.3) is 0 Å². The highest BCUT2D eigenvalue weighted by Gasteiger charge is 2.15. The first-order chi connectivity index (χ1) is 12.7. The zero-order valence-corrected chi connectivity index (χ0v) is 16.4. The summed E-state index contributed by atoms with van der Waals surface area (Å²) in [6.45, 7) is 0.371. The van der Waals surface area contributed by atoms with Crippen molar-refractivity contribution in [1.29, 1.82) is 0 Å². The van der Waals surface area contributed by atoms with Gasteiger partial charge >= 0.3 is 0 Å². The predicted molar refractivity (Wildman–Crippen MR) is 108 cm³/mol. The van der Waals surface area contributed by atoms with E-state index < -0.39 is 0 Å². The maximum Gasteiger partial charge on any atom is 0.175 e. The third kappa shape index (κ3) is 3.43. The first-order valence-electron chi connectivity index (χ1n) is 8.01. The summed E-state index contributed by atoms with van der Waals surface area (Å²) in [7, 11) is 1.64. The van der Waals surface area contributed by atoms with E-state index in [0.29, 0.717) is 18.1 Å². The number of hydrogen-bond acceptors (Lipinski definition) is 5. The van der Waals surface area contributed by atoms with Gasteiger partial charge in [0, 0.05) is 11.8 Å². The van der Waals surface area contributed by atoms with Crippen LogP contribution in [0.25, 0.3) is 20.8 Å². The van der Waals surface area contributed by atoms with Crippen molar-refractivity contribution in [3.63, 3.8) is 0 Å². The van der Waals surface area contributed by atoms with Crippen LogP contribution in [0.1, 0.15) is 5.69 Å². The molecule has 130 valence electrons. The molecule has 2 aromatic carbocycles. The highest BCUT2D eigenvalue weighted by Crippen LogP contribution is 2.41. The molecule has 4 aromatic rings. The van der Waals surface area contributed by atoms with Crippen LogP contribution in [0.3, 0.4) is 0 Å². The van der Waals surface area contributed by atoms with Gasteiger partial charge in [0.15, 0.2) is 11.5 Å². The largest absolute Gasteiger partial charge is 0.493 e. The van der Waals surface area contributed by atoms with Crippen molar-refractivity contribution < 1.29 is 9.47 Å². The summed E-state index contributed by atoms with van der Waals surface area (Å²) in [5.74, 6) is 1.31. The third-order valence-corrected chi connectivity index (χ3v) is 5.54. The summed E-state index contributed by atoms with van der Waals surface area (Å²) in [4.78, 5) is 8.99. The van der Waals surface area contributed by atoms with Crippen molar-refractivity contribution in [1.82, 2.24) is 9.97 Å². The molecule has 0 spiro atoms. The number of para-hydroxylation sites is 1. The minimum atomic E-state index is 0.371. The molecule has 0 unspecified atom stereocenters. The molecule has 4 nitrogen and oxygen atoms in total. The smallest absolute Gasteiger partial charge is 0.175 e. The lowest BCUT2D eigenvalue weighted by molar-refractivity contribution is 0.279. The molecule has 0 aliphatic rings. The number of thiazole rings is 1. The molecule has 2 heterocycles. The lowest BCUT2D eigenvalue weighted by Crippen LogP contribution is -2.00. The molecule has 0 aliphatic carbocycles. The SMILES string of the molecule is COc1cc(-c2nc3ccccc3s2)cc(Br)c1OCc1ccccn1. The highest BCUT2D eigenvalue weighted by atomic mass is 79.9. The molecule has 0 fully saturated rings. The number of methoxy groups -OCH3 is 1. The fourth-order valence-electron chi connectivity index (χ4n) is 2.61. The monoisotopic (exact) mass is 426 g/mol. The van der Waals surface area contributed by atoms with Crippen molar-refractivity contribution in [3.05, 3.63) is 71.0 Å². The van der Waals surface area contributed by atoms with Gasteiger partial charge in [0.05, 0.1) is 27.5 Å². The van der Waals surface area contributed by atoms with Gasteiger partial charge in [-0.15, -0.1) is 11.3 Å². The van der Waals surface area contributed by atoms with E-state index in [1.807, 2.05) is 48.5 Å². The van der Waals surface area contributed by atoms with Crippen LogP contribution < -0.4 is 9.47 Å². The Balaban J connectivity index is 1.67. The van der Waals surface area contributed by atoms with Gasteiger partial charge in [0.2, 0.25) is 0 Å². The van der Waals surface area contributed by atoms with Crippen molar-refractivity contribution in [3.8, 4) is 22.1 Å². The van der Waals surface area contributed by atoms with Crippen LogP contribution in [0.4, 0.5) is 0 Å². The lowest BCUT2D eigenvalue weighted by Gasteiger charge is -2.13. The fourth-order valence-corrected chi connectivity index (χ4v) is 4.12. The topological polar surface area (TPSA) is 44.2 Å². The van der Waals surface area contributed by atoms with Gasteiger partial charge in [-0.2, -0.15) is 0 Å². The number of ether oxygens (including phenoxy) is 2. The van der Waals surface area contributed by atoms with Gasteiger partial charge in [-0.1, -0.05) is 18.2 Å². The summed E-state index contributed by atoms with van der Waals surface area (Å²) in [5.41, 5.74) is 2.84. The Morgan fingerprint density at radius 1 is 1.08 bits per heavy atom. The van der Waals surface area contributed by atoms with Crippen LogP contribution in [0.15, 0.2) is 65.3 Å². The predicted octanol–water partition coefficient (Wildman–Crippen LogP) is 5.71. The Kier molecular flexibility index (Phi) is 4.86. The Hall–Kier alpha value is -2.44. The van der Waals surface area contributed by atoms with Crippen molar-refractivity contribution in [2.45, 2.75) is 6.61 Å². The molecule has 4 rings (SSSR count). The van der Waals surface area contributed by atoms with Crippen LogP contribution in [-0.2, 0) is 6.61 Å². The van der Waals surface area contributed by atoms with E-state index in [4.69, 9.17) is 14.5 Å². The normalized spacial score (nSPS) is 10.8. The van der Waals surface area contributed by atoms with Crippen molar-refractivity contribution in [2.75, 3.05) is 7.11 Å². The van der Waals surface area contributed by atoms with E-state index >= 15 is 0 Å². The standard InChI is InChI=1S/C20H15BrN2O2S/c1-24-17-11-13(20-23-16-7-2-3-8-18(16)26-20)10-15(21)19(17)25-12-14-6-4-5-9-22-14/h2-11H,12H2,1H3. The maximum absolute atomic E-state index is 5.94. The van der Waals surface area contributed by atoms with E-state index in [1.165, 1.54) is 0 Å². The van der Waals surface area contributed by atoms with Gasteiger partial charge in [-0.05, 0) is 52.3 Å². The van der Waals surface area contributed by atoms with E-state index in [9.17, 15) is 0 Å². The number of fused-ring (bicyclic) bond motifs is 1. The average Bonchev–Trinajstić information content (AvgIpc) is 3.11. The second-order valence-corrected chi connectivity index (χ2v) is 7.47. The first kappa shape index (κ1) is 17.0. The molecule has 0 amide bonds. The van der Waals surface area contributed by atoms with Gasteiger partial charge < -0.3 is 9.47 Å². The second kappa shape index (κ2) is 7.43. The van der Waals surface area contributed by atoms with E-state index in [-0.39, 0.29) is 0 Å². The first-order valence-corrected chi connectivity index (χ1v) is 9.62. The zero-order chi connectivity index (χ0) is 17.9. The number of hydrogen-bond donors (Lipinski definition) is 0. The average molecular weight is 427 g/mol. The zero-order valence-electron chi connectivity index (χ0n) is 14.0. The molecule has 0 N–H and O–H groups in total. The van der Waals surface area contributed by atoms with Crippen molar-refractivity contribution >= 4 is 37.5 Å². The van der Waals surface area contributed by atoms with Crippen LogP contribution in [0.2, 0.25) is 0 Å². The molecule has 6 heteroatoms. The minimum Gasteiger partial charge on any atom is -0.493 e. The van der Waals surface area contributed by atoms with Gasteiger partial charge in [0.1, 0.15) is 11.6 Å². The summed E-state index contributed by atoms with van der Waals surface area (Å²) >= 11 is 5.26. The Morgan fingerprint density at radius 3 is 2.69 bits per heavy atom. The number of pyridine rings is 1. The molecule has 0 aliphatic heterocycles. The Morgan fingerprint density at radius 2 is 1.92 bits per heavy atom. The van der Waals surface area contributed by atoms with Crippen LogP contribution >= 0.6 is 27.3 Å². The van der Waals surface area contributed by atoms with E-state index in [0.717, 1.165) is 31.0 Å². The summed E-state index contributed by atoms with van der Waals surface area (Å²) in [5, 5.41) is 0.946. The molecular formula is C20H15BrN2O2S. The number of rotatable bonds is 5. The summed E-state index contributed by atoms with van der Waals surface area (Å²) in [6.07, 6.45) is 1.75. The number of aromatic nitrogens is 2. The minimum absolute atomic E-state index is 0.371. The van der Waals surface area contributed by atoms with Crippen molar-refractivity contribution in [2.24, 2.45) is 0 Å². The summed E-state index contributed by atoms with van der Waals surface area (Å²) < 4.78 is 13.5. The van der Waals surface area contributed by atoms with Crippen LogP contribution in [0, 0.1) is 0 Å². The van der Waals surface area contributed by atoms with Gasteiger partial charge in [-0.25, -0.2) is 4.98 Å². The molecule has 0 atom stereocenters. The number of halogens is 1. The van der Waals surface area contributed by atoms with E-state index in [1.54, 1.807) is 24.6 Å².